The van der Waals surface area contributed by atoms with Gasteiger partial charge in [0.2, 0.25) is 5.88 Å². The molecule has 0 saturated carbocycles. The van der Waals surface area contributed by atoms with E-state index in [0.717, 1.165) is 5.75 Å². The van der Waals surface area contributed by atoms with Gasteiger partial charge >= 0.3 is 0 Å². The van der Waals surface area contributed by atoms with Crippen molar-refractivity contribution in [2.45, 2.75) is 6.92 Å². The van der Waals surface area contributed by atoms with E-state index in [4.69, 9.17) is 27.4 Å². The maximum atomic E-state index is 5.61. The quantitative estimate of drug-likeness (QED) is 0.844. The van der Waals surface area contributed by atoms with Gasteiger partial charge in [0.15, 0.2) is 0 Å². The first-order valence-electron chi connectivity index (χ1n) is 5.73. The zero-order valence-electron chi connectivity index (χ0n) is 10.4. The molecule has 0 fully saturated rings. The second kappa shape index (κ2) is 6.10. The van der Waals surface area contributed by atoms with Gasteiger partial charge in [0.05, 0.1) is 18.4 Å². The van der Waals surface area contributed by atoms with Crippen LogP contribution in [0.25, 0.3) is 0 Å². The zero-order valence-corrected chi connectivity index (χ0v) is 11.2. The van der Waals surface area contributed by atoms with Gasteiger partial charge in [-0.15, -0.1) is 5.10 Å². The minimum Gasteiger partial charge on any atom is -0.494 e. The fraction of sp³-hybridized carbons (Fsp3) is 0.154. The Hall–Kier alpha value is -2.21. The highest BCUT2D eigenvalue weighted by Crippen LogP contribution is 2.24. The van der Waals surface area contributed by atoms with Crippen LogP contribution in [0.15, 0.2) is 36.5 Å². The van der Waals surface area contributed by atoms with Gasteiger partial charge in [-0.1, -0.05) is 12.2 Å². The summed E-state index contributed by atoms with van der Waals surface area (Å²) in [6, 6.07) is 8.86. The number of ether oxygens (including phenoxy) is 2. The first kappa shape index (κ1) is 13.2. The summed E-state index contributed by atoms with van der Waals surface area (Å²) in [5.74, 6) is 1.68. The van der Waals surface area contributed by atoms with Crippen LogP contribution >= 0.6 is 12.2 Å². The van der Waals surface area contributed by atoms with Crippen molar-refractivity contribution in [3.63, 3.8) is 0 Å². The van der Waals surface area contributed by atoms with Crippen molar-refractivity contribution >= 4 is 17.2 Å². The molecular formula is C13H13N3O2S. The molecule has 2 rings (SSSR count). The number of hydrogen-bond acceptors (Lipinski definition) is 5. The summed E-state index contributed by atoms with van der Waals surface area (Å²) in [4.78, 5) is 0.218. The van der Waals surface area contributed by atoms with Crippen molar-refractivity contribution < 1.29 is 9.47 Å². The maximum absolute atomic E-state index is 5.61. The molecule has 1 aromatic heterocycles. The van der Waals surface area contributed by atoms with Crippen LogP contribution in [0.5, 0.6) is 17.4 Å². The first-order chi connectivity index (χ1) is 9.20. The lowest BCUT2D eigenvalue weighted by molar-refractivity contribution is 0.339. The van der Waals surface area contributed by atoms with Crippen LogP contribution in [0.2, 0.25) is 0 Å². The molecular weight excluding hydrogens is 262 g/mol. The van der Waals surface area contributed by atoms with Gasteiger partial charge in [0.1, 0.15) is 16.5 Å². The van der Waals surface area contributed by atoms with Crippen molar-refractivity contribution in [2.24, 2.45) is 5.73 Å². The maximum Gasteiger partial charge on any atom is 0.249 e. The summed E-state index contributed by atoms with van der Waals surface area (Å²) in [6.07, 6.45) is 1.51. The van der Waals surface area contributed by atoms with E-state index in [1.54, 1.807) is 18.2 Å². The lowest BCUT2D eigenvalue weighted by Crippen LogP contribution is -2.12. The Morgan fingerprint density at radius 2 is 1.89 bits per heavy atom. The first-order valence-corrected chi connectivity index (χ1v) is 6.13. The molecule has 0 saturated heterocycles. The van der Waals surface area contributed by atoms with Crippen LogP contribution in [0.3, 0.4) is 0 Å². The summed E-state index contributed by atoms with van der Waals surface area (Å²) in [5, 5.41) is 7.64. The van der Waals surface area contributed by atoms with Crippen molar-refractivity contribution in [3.8, 4) is 17.4 Å². The number of nitrogens with zero attached hydrogens (tertiary/aromatic N) is 2. The fourth-order valence-corrected chi connectivity index (χ4v) is 1.62. The Balaban J connectivity index is 2.19. The highest BCUT2D eigenvalue weighted by Gasteiger charge is 2.09. The molecule has 19 heavy (non-hydrogen) atoms. The lowest BCUT2D eigenvalue weighted by atomic mass is 10.3. The normalized spacial score (nSPS) is 9.95. The van der Waals surface area contributed by atoms with E-state index >= 15 is 0 Å². The Kier molecular flexibility index (Phi) is 4.25. The molecule has 1 aromatic carbocycles. The second-order valence-electron chi connectivity index (χ2n) is 3.62. The molecule has 0 atom stereocenters. The van der Waals surface area contributed by atoms with E-state index in [1.807, 2.05) is 19.1 Å². The van der Waals surface area contributed by atoms with Gasteiger partial charge < -0.3 is 15.2 Å². The molecule has 0 spiro atoms. The van der Waals surface area contributed by atoms with E-state index in [9.17, 15) is 0 Å². The highest BCUT2D eigenvalue weighted by atomic mass is 32.1. The topological polar surface area (TPSA) is 70.3 Å². The molecule has 2 N–H and O–H groups in total. The number of benzene rings is 1. The largest absolute Gasteiger partial charge is 0.494 e. The van der Waals surface area contributed by atoms with Crippen molar-refractivity contribution in [2.75, 3.05) is 6.61 Å². The van der Waals surface area contributed by atoms with Crippen molar-refractivity contribution in [3.05, 3.63) is 42.1 Å². The molecule has 98 valence electrons. The molecule has 2 aromatic rings. The fourth-order valence-electron chi connectivity index (χ4n) is 1.46. The summed E-state index contributed by atoms with van der Waals surface area (Å²) in [6.45, 7) is 2.55. The third-order valence-electron chi connectivity index (χ3n) is 2.30. The van der Waals surface area contributed by atoms with Crippen LogP contribution in [-0.4, -0.2) is 21.8 Å². The third kappa shape index (κ3) is 3.38. The van der Waals surface area contributed by atoms with Crippen LogP contribution in [-0.2, 0) is 0 Å². The molecule has 1 heterocycles. The average Bonchev–Trinajstić information content (AvgIpc) is 2.42. The van der Waals surface area contributed by atoms with Gasteiger partial charge in [-0.2, -0.15) is 5.10 Å². The predicted octanol–water partition coefficient (Wildman–Crippen LogP) is 2.30. The van der Waals surface area contributed by atoms with Crippen molar-refractivity contribution in [1.82, 2.24) is 10.2 Å². The summed E-state index contributed by atoms with van der Waals surface area (Å²) in [5.41, 5.74) is 6.15. The van der Waals surface area contributed by atoms with Gasteiger partial charge in [0.25, 0.3) is 0 Å². The number of rotatable bonds is 5. The smallest absolute Gasteiger partial charge is 0.249 e. The Morgan fingerprint density at radius 3 is 2.53 bits per heavy atom. The average molecular weight is 275 g/mol. The van der Waals surface area contributed by atoms with Gasteiger partial charge in [0, 0.05) is 0 Å². The molecule has 0 radical (unpaired) electrons. The number of thiocarbonyl (C=S) groups is 1. The Labute approximate surface area is 116 Å². The molecule has 0 aliphatic carbocycles. The van der Waals surface area contributed by atoms with E-state index in [-0.39, 0.29) is 4.99 Å². The molecule has 0 bridgehead atoms. The highest BCUT2D eigenvalue weighted by molar-refractivity contribution is 7.80. The third-order valence-corrected chi connectivity index (χ3v) is 2.52. The summed E-state index contributed by atoms with van der Waals surface area (Å²) >= 11 is 4.93. The minimum atomic E-state index is 0.218. The molecule has 0 aliphatic heterocycles. The molecule has 6 heteroatoms. The SMILES string of the molecule is CCOc1ccc(Oc2nnccc2C(N)=S)cc1. The van der Waals surface area contributed by atoms with E-state index < -0.39 is 0 Å². The van der Waals surface area contributed by atoms with Crippen LogP contribution in [0.1, 0.15) is 12.5 Å². The lowest BCUT2D eigenvalue weighted by Gasteiger charge is -2.08. The van der Waals surface area contributed by atoms with Crippen LogP contribution < -0.4 is 15.2 Å². The number of nitrogens with two attached hydrogens (primary N) is 1. The number of aromatic nitrogens is 2. The zero-order chi connectivity index (χ0) is 13.7. The van der Waals surface area contributed by atoms with Gasteiger partial charge in [-0.3, -0.25) is 0 Å². The second-order valence-corrected chi connectivity index (χ2v) is 4.06. The monoisotopic (exact) mass is 275 g/mol. The van der Waals surface area contributed by atoms with Gasteiger partial charge in [-0.25, -0.2) is 0 Å². The van der Waals surface area contributed by atoms with Crippen LogP contribution in [0.4, 0.5) is 0 Å². The molecule has 0 unspecified atom stereocenters. The van der Waals surface area contributed by atoms with Gasteiger partial charge in [-0.05, 0) is 37.3 Å². The van der Waals surface area contributed by atoms with Crippen molar-refractivity contribution in [1.29, 1.82) is 0 Å². The minimum absolute atomic E-state index is 0.218. The standard InChI is InChI=1S/C13H13N3O2S/c1-2-17-9-3-5-10(6-4-9)18-13-11(12(14)19)7-8-15-16-13/h3-8H,2H2,1H3,(H2,14,19). The summed E-state index contributed by atoms with van der Waals surface area (Å²) in [7, 11) is 0. The summed E-state index contributed by atoms with van der Waals surface area (Å²) < 4.78 is 11.0. The van der Waals surface area contributed by atoms with E-state index in [2.05, 4.69) is 10.2 Å². The van der Waals surface area contributed by atoms with E-state index in [1.165, 1.54) is 6.20 Å². The molecule has 5 nitrogen and oxygen atoms in total. The molecule has 0 aliphatic rings. The number of hydrogen-bond donors (Lipinski definition) is 1. The predicted molar refractivity (Wildman–Crippen MR) is 75.6 cm³/mol. The van der Waals surface area contributed by atoms with Crippen LogP contribution in [0, 0.1) is 0 Å². The van der Waals surface area contributed by atoms with E-state index in [0.29, 0.717) is 23.8 Å². The Bertz CT molecular complexity index is 572. The molecule has 0 amide bonds. The Morgan fingerprint density at radius 1 is 1.21 bits per heavy atom.